The Morgan fingerprint density at radius 1 is 1.41 bits per heavy atom. The van der Waals surface area contributed by atoms with E-state index in [9.17, 15) is 19.8 Å². The van der Waals surface area contributed by atoms with Crippen LogP contribution in [0.4, 0.5) is 5.82 Å². The van der Waals surface area contributed by atoms with Crippen molar-refractivity contribution in [3.05, 3.63) is 12.0 Å². The van der Waals surface area contributed by atoms with Crippen molar-refractivity contribution in [2.45, 2.75) is 24.5 Å². The number of carboxylic acid groups (broad SMARTS) is 1. The first kappa shape index (κ1) is 16.2. The second-order valence-corrected chi connectivity index (χ2v) is 4.69. The summed E-state index contributed by atoms with van der Waals surface area (Å²) >= 11 is 0. The van der Waals surface area contributed by atoms with Crippen LogP contribution >= 0.6 is 0 Å². The van der Waals surface area contributed by atoms with Crippen LogP contribution in [0.1, 0.15) is 16.7 Å². The third kappa shape index (κ3) is 2.87. The number of aromatic nitrogens is 2. The predicted octanol–water partition coefficient (Wildman–Crippen LogP) is -3.11. The molecule has 0 saturated carbocycles. The van der Waals surface area contributed by atoms with E-state index in [2.05, 4.69) is 10.3 Å². The maximum atomic E-state index is 11.7. The van der Waals surface area contributed by atoms with E-state index in [1.807, 2.05) is 0 Å². The molecular formula is C11H16N4O7. The van der Waals surface area contributed by atoms with Gasteiger partial charge in [-0.25, -0.2) is 4.98 Å². The Bertz CT molecular complexity index is 575. The molecule has 0 radical (unpaired) electrons. The van der Waals surface area contributed by atoms with E-state index in [0.717, 1.165) is 10.9 Å². The number of hydrogen-bond acceptors (Lipinski definition) is 8. The Morgan fingerprint density at radius 2 is 2.09 bits per heavy atom. The van der Waals surface area contributed by atoms with Crippen molar-refractivity contribution >= 4 is 17.7 Å². The molecule has 0 aliphatic carbocycles. The van der Waals surface area contributed by atoms with Crippen LogP contribution in [0.2, 0.25) is 0 Å². The molecule has 1 saturated heterocycles. The van der Waals surface area contributed by atoms with Gasteiger partial charge in [-0.05, 0) is 0 Å². The summed E-state index contributed by atoms with van der Waals surface area (Å²) in [4.78, 5) is 25.9. The minimum Gasteiger partial charge on any atom is -0.480 e. The highest BCUT2D eigenvalue weighted by Crippen LogP contribution is 2.31. The zero-order valence-electron chi connectivity index (χ0n) is 11.3. The molecule has 2 heterocycles. The lowest BCUT2D eigenvalue weighted by Crippen LogP contribution is -2.33. The molecule has 0 aromatic carbocycles. The maximum absolute atomic E-state index is 11.7. The fourth-order valence-corrected chi connectivity index (χ4v) is 2.10. The number of aliphatic hydroxyl groups is 3. The minimum absolute atomic E-state index is 0.169. The zero-order valence-corrected chi connectivity index (χ0v) is 11.3. The van der Waals surface area contributed by atoms with Gasteiger partial charge in [-0.3, -0.25) is 14.2 Å². The van der Waals surface area contributed by atoms with E-state index in [1.54, 1.807) is 0 Å². The minimum atomic E-state index is -1.37. The van der Waals surface area contributed by atoms with Gasteiger partial charge in [0, 0.05) is 0 Å². The Hall–Kier alpha value is -2.21. The number of aliphatic hydroxyl groups excluding tert-OH is 3. The SMILES string of the molecule is Nc1c(C(=O)NCC(=O)O)ncn1[C@@H]1O[C@H](CO)[C@@H](O)[C@H]1O. The predicted molar refractivity (Wildman–Crippen MR) is 69.6 cm³/mol. The fourth-order valence-electron chi connectivity index (χ4n) is 2.10. The number of aliphatic carboxylic acids is 1. The van der Waals surface area contributed by atoms with Crippen LogP contribution < -0.4 is 11.1 Å². The lowest BCUT2D eigenvalue weighted by molar-refractivity contribution is -0.135. The molecule has 0 spiro atoms. The molecule has 7 N–H and O–H groups in total. The molecule has 122 valence electrons. The van der Waals surface area contributed by atoms with Crippen molar-refractivity contribution in [1.82, 2.24) is 14.9 Å². The summed E-state index contributed by atoms with van der Waals surface area (Å²) in [6, 6.07) is 0. The lowest BCUT2D eigenvalue weighted by Gasteiger charge is -2.17. The quantitative estimate of drug-likeness (QED) is 0.327. The van der Waals surface area contributed by atoms with E-state index in [-0.39, 0.29) is 11.5 Å². The number of hydrogen-bond donors (Lipinski definition) is 6. The van der Waals surface area contributed by atoms with Gasteiger partial charge >= 0.3 is 5.97 Å². The molecule has 2 rings (SSSR count). The number of nitrogens with two attached hydrogens (primary N) is 1. The molecule has 1 aromatic rings. The topological polar surface area (TPSA) is 180 Å². The average molecular weight is 316 g/mol. The molecule has 22 heavy (non-hydrogen) atoms. The summed E-state index contributed by atoms with van der Waals surface area (Å²) < 4.78 is 6.38. The first-order chi connectivity index (χ1) is 10.4. The summed E-state index contributed by atoms with van der Waals surface area (Å²) in [6.07, 6.45) is -3.69. The molecule has 0 bridgehead atoms. The largest absolute Gasteiger partial charge is 0.480 e. The molecule has 0 unspecified atom stereocenters. The third-order valence-corrected chi connectivity index (χ3v) is 3.24. The third-order valence-electron chi connectivity index (χ3n) is 3.24. The molecule has 4 atom stereocenters. The normalized spacial score (nSPS) is 27.8. The van der Waals surface area contributed by atoms with Gasteiger partial charge in [0.1, 0.15) is 30.7 Å². The van der Waals surface area contributed by atoms with Crippen LogP contribution in [0, 0.1) is 0 Å². The van der Waals surface area contributed by atoms with Crippen molar-refractivity contribution in [3.63, 3.8) is 0 Å². The van der Waals surface area contributed by atoms with Crippen LogP contribution in [-0.2, 0) is 9.53 Å². The number of amides is 1. The Balaban J connectivity index is 2.17. The van der Waals surface area contributed by atoms with E-state index < -0.39 is 49.6 Å². The second-order valence-electron chi connectivity index (χ2n) is 4.69. The lowest BCUT2D eigenvalue weighted by atomic mass is 10.1. The number of nitrogen functional groups attached to an aromatic ring is 1. The molecular weight excluding hydrogens is 300 g/mol. The first-order valence-electron chi connectivity index (χ1n) is 6.31. The summed E-state index contributed by atoms with van der Waals surface area (Å²) in [6.45, 7) is -1.10. The summed E-state index contributed by atoms with van der Waals surface area (Å²) in [5.41, 5.74) is 5.50. The number of carbonyl (C=O) groups is 2. The zero-order chi connectivity index (χ0) is 16.4. The van der Waals surface area contributed by atoms with Crippen molar-refractivity contribution in [1.29, 1.82) is 0 Å². The van der Waals surface area contributed by atoms with Crippen LogP contribution in [-0.4, -0.2) is 73.3 Å². The van der Waals surface area contributed by atoms with Crippen LogP contribution in [0.3, 0.4) is 0 Å². The van der Waals surface area contributed by atoms with E-state index in [4.69, 9.17) is 20.7 Å². The number of anilines is 1. The number of ether oxygens (including phenoxy) is 1. The second kappa shape index (κ2) is 6.27. The highest BCUT2D eigenvalue weighted by atomic mass is 16.6. The maximum Gasteiger partial charge on any atom is 0.322 e. The van der Waals surface area contributed by atoms with Crippen LogP contribution in [0.15, 0.2) is 6.33 Å². The van der Waals surface area contributed by atoms with Gasteiger partial charge in [0.15, 0.2) is 11.9 Å². The van der Waals surface area contributed by atoms with Gasteiger partial charge < -0.3 is 36.2 Å². The molecule has 11 heteroatoms. The van der Waals surface area contributed by atoms with Crippen LogP contribution in [0.25, 0.3) is 0 Å². The molecule has 1 amide bonds. The monoisotopic (exact) mass is 316 g/mol. The van der Waals surface area contributed by atoms with Crippen molar-refractivity contribution < 1.29 is 34.8 Å². The molecule has 1 fully saturated rings. The number of imidazole rings is 1. The van der Waals surface area contributed by atoms with E-state index in [0.29, 0.717) is 0 Å². The number of rotatable bonds is 5. The highest BCUT2D eigenvalue weighted by molar-refractivity contribution is 5.97. The summed E-state index contributed by atoms with van der Waals surface area (Å²) in [5, 5.41) is 39.2. The van der Waals surface area contributed by atoms with Gasteiger partial charge in [0.2, 0.25) is 0 Å². The summed E-state index contributed by atoms with van der Waals surface area (Å²) in [7, 11) is 0. The van der Waals surface area contributed by atoms with Crippen LogP contribution in [0.5, 0.6) is 0 Å². The number of carbonyl (C=O) groups excluding carboxylic acids is 1. The van der Waals surface area contributed by atoms with E-state index >= 15 is 0 Å². The molecule has 1 aromatic heterocycles. The standard InChI is InChI=1S/C11H16N4O7/c12-9-6(10(21)13-1-5(17)18)14-3-15(9)11-8(20)7(19)4(2-16)22-11/h3-4,7-8,11,16,19-20H,1-2,12H2,(H,13,21)(H,17,18)/t4-,7-,8-,11-/m1/s1. The number of nitrogens with zero attached hydrogens (tertiary/aromatic N) is 2. The van der Waals surface area contributed by atoms with Gasteiger partial charge in [-0.2, -0.15) is 0 Å². The van der Waals surface area contributed by atoms with E-state index in [1.165, 1.54) is 0 Å². The number of carboxylic acids is 1. The smallest absolute Gasteiger partial charge is 0.322 e. The highest BCUT2D eigenvalue weighted by Gasteiger charge is 2.44. The van der Waals surface area contributed by atoms with Gasteiger partial charge in [-0.15, -0.1) is 0 Å². The first-order valence-corrected chi connectivity index (χ1v) is 6.31. The molecule has 1 aliphatic rings. The average Bonchev–Trinajstić information content (AvgIpc) is 2.98. The Morgan fingerprint density at radius 3 is 2.64 bits per heavy atom. The summed E-state index contributed by atoms with van der Waals surface area (Å²) in [5.74, 6) is -2.20. The van der Waals surface area contributed by atoms with Gasteiger partial charge in [0.25, 0.3) is 5.91 Å². The Kier molecular flexibility index (Phi) is 4.61. The Labute approximate surface area is 123 Å². The van der Waals surface area contributed by atoms with Crippen molar-refractivity contribution in [3.8, 4) is 0 Å². The van der Waals surface area contributed by atoms with Gasteiger partial charge in [0.05, 0.1) is 12.9 Å². The molecule has 1 aliphatic heterocycles. The molecule has 11 nitrogen and oxygen atoms in total. The number of nitrogens with one attached hydrogen (secondary N) is 1. The fraction of sp³-hybridized carbons (Fsp3) is 0.545. The van der Waals surface area contributed by atoms with Crippen molar-refractivity contribution in [2.75, 3.05) is 18.9 Å². The van der Waals surface area contributed by atoms with Crippen molar-refractivity contribution in [2.24, 2.45) is 0 Å². The van der Waals surface area contributed by atoms with Gasteiger partial charge in [-0.1, -0.05) is 0 Å².